The van der Waals surface area contributed by atoms with E-state index in [1.165, 1.54) is 4.90 Å². The lowest BCUT2D eigenvalue weighted by atomic mass is 10.0. The lowest BCUT2D eigenvalue weighted by molar-refractivity contribution is 0.109. The Morgan fingerprint density at radius 2 is 1.96 bits per heavy atom. The van der Waals surface area contributed by atoms with Crippen molar-refractivity contribution in [3.8, 4) is 11.5 Å². The minimum absolute atomic E-state index is 0.0297. The highest BCUT2D eigenvalue weighted by Crippen LogP contribution is 2.33. The first-order valence-corrected chi connectivity index (χ1v) is 8.34. The summed E-state index contributed by atoms with van der Waals surface area (Å²) in [7, 11) is 3.16. The van der Waals surface area contributed by atoms with E-state index in [2.05, 4.69) is 10.3 Å². The van der Waals surface area contributed by atoms with Gasteiger partial charge < -0.3 is 24.8 Å². The van der Waals surface area contributed by atoms with Gasteiger partial charge in [-0.15, -0.1) is 0 Å². The number of amides is 1. The van der Waals surface area contributed by atoms with Crippen LogP contribution in [0.5, 0.6) is 11.5 Å². The first kappa shape index (κ1) is 17.3. The second kappa shape index (κ2) is 7.57. The molecule has 1 fully saturated rings. The summed E-state index contributed by atoms with van der Waals surface area (Å²) in [5.74, 6) is 1.21. The number of fused-ring (bicyclic) bond motifs is 1. The van der Waals surface area contributed by atoms with Gasteiger partial charge in [0.05, 0.1) is 26.3 Å². The van der Waals surface area contributed by atoms with Crippen LogP contribution in [0.1, 0.15) is 18.4 Å². The number of hydrogen-bond acceptors (Lipinski definition) is 5. The van der Waals surface area contributed by atoms with Gasteiger partial charge in [0.25, 0.3) is 0 Å². The largest absolute Gasteiger partial charge is 0.493 e. The highest BCUT2D eigenvalue weighted by atomic mass is 16.5. The third-order valence-electron chi connectivity index (χ3n) is 4.67. The van der Waals surface area contributed by atoms with Crippen molar-refractivity contribution in [2.45, 2.75) is 25.4 Å². The lowest BCUT2D eigenvalue weighted by Gasteiger charge is -2.32. The molecule has 0 atom stereocenters. The number of benzene rings is 1. The molecule has 1 aliphatic heterocycles. The van der Waals surface area contributed by atoms with Crippen molar-refractivity contribution < 1.29 is 19.4 Å². The monoisotopic (exact) mass is 345 g/mol. The molecule has 2 N–H and O–H groups in total. The molecule has 1 aromatic heterocycles. The highest BCUT2D eigenvalue weighted by molar-refractivity contribution is 5.86. The number of nitrogens with zero attached hydrogens (tertiary/aromatic N) is 2. The Morgan fingerprint density at radius 1 is 1.28 bits per heavy atom. The average molecular weight is 345 g/mol. The molecular weight excluding hydrogens is 322 g/mol. The summed E-state index contributed by atoms with van der Waals surface area (Å²) in [4.78, 5) is 17.7. The smallest absolute Gasteiger partial charge is 0.407 e. The summed E-state index contributed by atoms with van der Waals surface area (Å²) in [6, 6.07) is 5.57. The fourth-order valence-corrected chi connectivity index (χ4v) is 3.32. The Morgan fingerprint density at radius 3 is 2.60 bits per heavy atom. The van der Waals surface area contributed by atoms with Gasteiger partial charge in [-0.1, -0.05) is 0 Å². The molecule has 134 valence electrons. The number of ether oxygens (including phenoxy) is 2. The van der Waals surface area contributed by atoms with E-state index in [-0.39, 0.29) is 6.04 Å². The van der Waals surface area contributed by atoms with E-state index in [1.807, 2.05) is 18.2 Å². The van der Waals surface area contributed by atoms with Crippen molar-refractivity contribution in [3.05, 3.63) is 30.0 Å². The number of pyridine rings is 1. The van der Waals surface area contributed by atoms with Gasteiger partial charge >= 0.3 is 6.09 Å². The van der Waals surface area contributed by atoms with Gasteiger partial charge in [-0.2, -0.15) is 0 Å². The molecule has 0 saturated carbocycles. The van der Waals surface area contributed by atoms with Crippen molar-refractivity contribution >= 4 is 17.0 Å². The molecule has 7 heteroatoms. The first-order valence-electron chi connectivity index (χ1n) is 8.34. The molecule has 3 rings (SSSR count). The molecule has 1 amide bonds. The number of nitrogens with one attached hydrogen (secondary N) is 1. The lowest BCUT2D eigenvalue weighted by Crippen LogP contribution is -2.45. The molecule has 0 spiro atoms. The normalized spacial score (nSPS) is 15.1. The van der Waals surface area contributed by atoms with Gasteiger partial charge in [0.15, 0.2) is 11.5 Å². The van der Waals surface area contributed by atoms with Gasteiger partial charge in [0.2, 0.25) is 0 Å². The summed E-state index contributed by atoms with van der Waals surface area (Å²) < 4.78 is 10.7. The molecule has 0 aliphatic carbocycles. The van der Waals surface area contributed by atoms with Crippen molar-refractivity contribution in [3.63, 3.8) is 0 Å². The summed E-state index contributed by atoms with van der Waals surface area (Å²) >= 11 is 0. The van der Waals surface area contributed by atoms with Crippen LogP contribution in [0.25, 0.3) is 10.9 Å². The minimum atomic E-state index is -0.891. The number of rotatable bonds is 5. The van der Waals surface area contributed by atoms with Crippen LogP contribution in [-0.4, -0.2) is 54.4 Å². The molecule has 2 aromatic rings. The minimum Gasteiger partial charge on any atom is -0.493 e. The Kier molecular flexibility index (Phi) is 5.23. The van der Waals surface area contributed by atoms with Gasteiger partial charge in [0.1, 0.15) is 0 Å². The Bertz CT molecular complexity index is 759. The van der Waals surface area contributed by atoms with Crippen LogP contribution >= 0.6 is 0 Å². The van der Waals surface area contributed by atoms with Crippen LogP contribution in [-0.2, 0) is 6.54 Å². The van der Waals surface area contributed by atoms with Gasteiger partial charge in [0, 0.05) is 23.7 Å². The quantitative estimate of drug-likeness (QED) is 0.866. The maximum Gasteiger partial charge on any atom is 0.407 e. The van der Waals surface area contributed by atoms with Crippen LogP contribution in [0.3, 0.4) is 0 Å². The topological polar surface area (TPSA) is 83.9 Å². The Labute approximate surface area is 146 Å². The zero-order valence-corrected chi connectivity index (χ0v) is 14.5. The second-order valence-electron chi connectivity index (χ2n) is 6.09. The first-order chi connectivity index (χ1) is 12.1. The van der Waals surface area contributed by atoms with E-state index in [1.54, 1.807) is 20.4 Å². The molecule has 1 aliphatic rings. The molecular formula is C18H23N3O4. The van der Waals surface area contributed by atoms with Crippen LogP contribution in [0.4, 0.5) is 4.79 Å². The van der Waals surface area contributed by atoms with Crippen LogP contribution in [0, 0.1) is 0 Å². The molecule has 0 unspecified atom stereocenters. The van der Waals surface area contributed by atoms with Crippen molar-refractivity contribution in [2.24, 2.45) is 0 Å². The maximum absolute atomic E-state index is 11.8. The van der Waals surface area contributed by atoms with Crippen molar-refractivity contribution in [2.75, 3.05) is 27.3 Å². The summed E-state index contributed by atoms with van der Waals surface area (Å²) in [6.45, 7) is 2.02. The summed E-state index contributed by atoms with van der Waals surface area (Å²) in [5, 5.41) is 13.8. The zero-order valence-electron chi connectivity index (χ0n) is 14.5. The van der Waals surface area contributed by atoms with E-state index in [0.717, 1.165) is 42.4 Å². The SMILES string of the molecule is COc1cc2nccc(CN(C(=O)O)C3CCNCC3)c2cc1OC. The van der Waals surface area contributed by atoms with Crippen molar-refractivity contribution in [1.82, 2.24) is 15.2 Å². The molecule has 0 radical (unpaired) electrons. The van der Waals surface area contributed by atoms with Gasteiger partial charge in [-0.25, -0.2) is 4.79 Å². The Hall–Kier alpha value is -2.54. The average Bonchev–Trinajstić information content (AvgIpc) is 2.65. The van der Waals surface area contributed by atoms with E-state index in [0.29, 0.717) is 18.0 Å². The predicted molar refractivity (Wildman–Crippen MR) is 94.3 cm³/mol. The standard InChI is InChI=1S/C18H23N3O4/c1-24-16-9-14-12(3-8-20-15(14)10-17(16)25-2)11-21(18(22)23)13-4-6-19-7-5-13/h3,8-10,13,19H,4-7,11H2,1-2H3,(H,22,23). The summed E-state index contributed by atoms with van der Waals surface area (Å²) in [6.07, 6.45) is 2.46. The molecule has 1 saturated heterocycles. The third-order valence-corrected chi connectivity index (χ3v) is 4.67. The van der Waals surface area contributed by atoms with Gasteiger partial charge in [-0.3, -0.25) is 4.98 Å². The third kappa shape index (κ3) is 3.61. The molecule has 0 bridgehead atoms. The van der Waals surface area contributed by atoms with Crippen LogP contribution < -0.4 is 14.8 Å². The fraction of sp³-hybridized carbons (Fsp3) is 0.444. The number of hydrogen-bond donors (Lipinski definition) is 2. The number of piperidine rings is 1. The summed E-state index contributed by atoms with van der Waals surface area (Å²) in [5.41, 5.74) is 1.66. The second-order valence-corrected chi connectivity index (χ2v) is 6.09. The fourth-order valence-electron chi connectivity index (χ4n) is 3.32. The van der Waals surface area contributed by atoms with Crippen LogP contribution in [0.15, 0.2) is 24.4 Å². The van der Waals surface area contributed by atoms with Gasteiger partial charge in [-0.05, 0) is 43.6 Å². The van der Waals surface area contributed by atoms with Crippen LogP contribution in [0.2, 0.25) is 0 Å². The molecule has 2 heterocycles. The maximum atomic E-state index is 11.8. The number of carboxylic acid groups (broad SMARTS) is 1. The number of aromatic nitrogens is 1. The van der Waals surface area contributed by atoms with E-state index < -0.39 is 6.09 Å². The van der Waals surface area contributed by atoms with E-state index in [4.69, 9.17) is 9.47 Å². The number of methoxy groups -OCH3 is 2. The van der Waals surface area contributed by atoms with E-state index in [9.17, 15) is 9.90 Å². The predicted octanol–water partition coefficient (Wildman–Crippen LogP) is 2.48. The molecule has 25 heavy (non-hydrogen) atoms. The van der Waals surface area contributed by atoms with E-state index >= 15 is 0 Å². The highest BCUT2D eigenvalue weighted by Gasteiger charge is 2.25. The Balaban J connectivity index is 1.97. The zero-order chi connectivity index (χ0) is 17.8. The molecule has 1 aromatic carbocycles. The number of carbonyl (C=O) groups is 1. The van der Waals surface area contributed by atoms with Crippen molar-refractivity contribution in [1.29, 1.82) is 0 Å². The molecule has 7 nitrogen and oxygen atoms in total.